The molecule has 0 amide bonds. The summed E-state index contributed by atoms with van der Waals surface area (Å²) in [5.74, 6) is 1.91. The smallest absolute Gasteiger partial charge is 0.182 e. The van der Waals surface area contributed by atoms with Gasteiger partial charge in [0.15, 0.2) is 5.78 Å². The molecular weight excluding hydrogens is 200 g/mol. The Balaban J connectivity index is 2.55. The molecule has 0 radical (unpaired) electrons. The van der Waals surface area contributed by atoms with Crippen molar-refractivity contribution in [2.75, 3.05) is 11.5 Å². The molecule has 0 saturated heterocycles. The Morgan fingerprint density at radius 3 is 2.77 bits per heavy atom. The molecule has 1 aromatic heterocycles. The predicted molar refractivity (Wildman–Crippen MR) is 61.0 cm³/mol. The molecule has 0 aromatic carbocycles. The lowest BCUT2D eigenvalue weighted by molar-refractivity contribution is 0.102. The van der Waals surface area contributed by atoms with Crippen LogP contribution in [-0.2, 0) is 6.42 Å². The molecule has 0 spiro atoms. The Morgan fingerprint density at radius 1 is 1.46 bits per heavy atom. The van der Waals surface area contributed by atoms with Crippen LogP contribution in [0, 0.1) is 0 Å². The summed E-state index contributed by atoms with van der Waals surface area (Å²) in [6.45, 7) is 4.19. The Bertz CT molecular complexity index is 278. The van der Waals surface area contributed by atoms with Crippen molar-refractivity contribution in [3.63, 3.8) is 0 Å². The summed E-state index contributed by atoms with van der Waals surface area (Å²) < 4.78 is 0. The highest BCUT2D eigenvalue weighted by Gasteiger charge is 2.07. The van der Waals surface area contributed by atoms with Crippen molar-refractivity contribution in [1.29, 1.82) is 0 Å². The molecule has 0 fully saturated rings. The number of thiophene rings is 1. The maximum Gasteiger partial charge on any atom is 0.182 e. The molecule has 0 bridgehead atoms. The van der Waals surface area contributed by atoms with Crippen LogP contribution in [0.3, 0.4) is 0 Å². The molecule has 0 aliphatic heterocycles. The molecule has 1 nitrogen and oxygen atoms in total. The van der Waals surface area contributed by atoms with Crippen LogP contribution in [0.5, 0.6) is 0 Å². The van der Waals surface area contributed by atoms with Crippen molar-refractivity contribution in [1.82, 2.24) is 0 Å². The van der Waals surface area contributed by atoms with Crippen molar-refractivity contribution < 1.29 is 4.79 Å². The Morgan fingerprint density at radius 2 is 2.23 bits per heavy atom. The van der Waals surface area contributed by atoms with Crippen molar-refractivity contribution in [3.8, 4) is 0 Å². The summed E-state index contributed by atoms with van der Waals surface area (Å²) in [6.07, 6.45) is 1.03. The van der Waals surface area contributed by atoms with Crippen molar-refractivity contribution >= 4 is 28.9 Å². The van der Waals surface area contributed by atoms with Gasteiger partial charge < -0.3 is 0 Å². The lowest BCUT2D eigenvalue weighted by atomic mass is 10.3. The lowest BCUT2D eigenvalue weighted by Gasteiger charge is -1.94. The minimum atomic E-state index is 0.275. The summed E-state index contributed by atoms with van der Waals surface area (Å²) >= 11 is 3.31. The average molecular weight is 214 g/mol. The first kappa shape index (κ1) is 10.8. The second-order valence-corrected chi connectivity index (χ2v) is 5.12. The van der Waals surface area contributed by atoms with E-state index in [0.717, 1.165) is 17.1 Å². The van der Waals surface area contributed by atoms with E-state index in [1.807, 2.05) is 6.07 Å². The van der Waals surface area contributed by atoms with Gasteiger partial charge in [-0.05, 0) is 24.3 Å². The largest absolute Gasteiger partial charge is 0.292 e. The van der Waals surface area contributed by atoms with Crippen molar-refractivity contribution in [2.45, 2.75) is 20.3 Å². The van der Waals surface area contributed by atoms with E-state index in [4.69, 9.17) is 0 Å². The van der Waals surface area contributed by atoms with Gasteiger partial charge in [0.1, 0.15) is 0 Å². The van der Waals surface area contributed by atoms with Crippen LogP contribution in [-0.4, -0.2) is 17.3 Å². The van der Waals surface area contributed by atoms with Crippen LogP contribution in [0.2, 0.25) is 0 Å². The zero-order valence-electron chi connectivity index (χ0n) is 8.00. The first-order chi connectivity index (χ1) is 6.27. The summed E-state index contributed by atoms with van der Waals surface area (Å²) in [5.41, 5.74) is 0. The summed E-state index contributed by atoms with van der Waals surface area (Å²) in [6, 6.07) is 4.00. The Hall–Kier alpha value is -0.280. The molecule has 1 aromatic rings. The molecule has 13 heavy (non-hydrogen) atoms. The summed E-state index contributed by atoms with van der Waals surface area (Å²) in [7, 11) is 0. The number of carbonyl (C=O) groups is 1. The normalized spacial score (nSPS) is 10.3. The molecular formula is C10H14OS2. The van der Waals surface area contributed by atoms with Crippen LogP contribution in [0.4, 0.5) is 0 Å². The first-order valence-electron chi connectivity index (χ1n) is 4.47. The van der Waals surface area contributed by atoms with Crippen molar-refractivity contribution in [2.24, 2.45) is 0 Å². The van der Waals surface area contributed by atoms with Crippen LogP contribution in [0.15, 0.2) is 12.1 Å². The van der Waals surface area contributed by atoms with E-state index in [0.29, 0.717) is 5.75 Å². The highest BCUT2D eigenvalue weighted by molar-refractivity contribution is 7.99. The quantitative estimate of drug-likeness (QED) is 0.700. The number of hydrogen-bond acceptors (Lipinski definition) is 3. The van der Waals surface area contributed by atoms with Crippen LogP contribution >= 0.6 is 23.1 Å². The summed E-state index contributed by atoms with van der Waals surface area (Å²) in [5, 5.41) is 0. The predicted octanol–water partition coefficient (Wildman–Crippen LogP) is 3.25. The van der Waals surface area contributed by atoms with Gasteiger partial charge in [-0.3, -0.25) is 4.79 Å². The zero-order chi connectivity index (χ0) is 9.68. The topological polar surface area (TPSA) is 17.1 Å². The first-order valence-corrected chi connectivity index (χ1v) is 6.44. The fourth-order valence-electron chi connectivity index (χ4n) is 0.984. The molecule has 3 heteroatoms. The standard InChI is InChI=1S/C10H14OS2/c1-3-8-5-6-10(13-8)9(11)7-12-4-2/h5-6H,3-4,7H2,1-2H3. The van der Waals surface area contributed by atoms with E-state index in [-0.39, 0.29) is 5.78 Å². The van der Waals surface area contributed by atoms with Gasteiger partial charge in [-0.15, -0.1) is 11.3 Å². The van der Waals surface area contributed by atoms with Crippen LogP contribution < -0.4 is 0 Å². The molecule has 0 unspecified atom stereocenters. The highest BCUT2D eigenvalue weighted by Crippen LogP contribution is 2.18. The number of Topliss-reactive ketones (excluding diaryl/α,β-unsaturated/α-hetero) is 1. The second kappa shape index (κ2) is 5.45. The number of aryl methyl sites for hydroxylation is 1. The molecule has 72 valence electrons. The maximum atomic E-state index is 11.5. The second-order valence-electron chi connectivity index (χ2n) is 2.68. The molecule has 1 heterocycles. The van der Waals surface area contributed by atoms with Gasteiger partial charge >= 0.3 is 0 Å². The van der Waals surface area contributed by atoms with Gasteiger partial charge in [0, 0.05) is 4.88 Å². The Kier molecular flexibility index (Phi) is 4.53. The fraction of sp³-hybridized carbons (Fsp3) is 0.500. The third-order valence-electron chi connectivity index (χ3n) is 1.72. The van der Waals surface area contributed by atoms with Crippen molar-refractivity contribution in [3.05, 3.63) is 21.9 Å². The number of thioether (sulfide) groups is 1. The minimum absolute atomic E-state index is 0.275. The summed E-state index contributed by atoms with van der Waals surface area (Å²) in [4.78, 5) is 13.7. The number of carbonyl (C=O) groups excluding carboxylic acids is 1. The highest BCUT2D eigenvalue weighted by atomic mass is 32.2. The monoisotopic (exact) mass is 214 g/mol. The van der Waals surface area contributed by atoms with E-state index in [1.54, 1.807) is 23.1 Å². The Labute approximate surface area is 87.5 Å². The van der Waals surface area contributed by atoms with Crippen LogP contribution in [0.25, 0.3) is 0 Å². The molecule has 0 aliphatic carbocycles. The van der Waals surface area contributed by atoms with Gasteiger partial charge in [-0.2, -0.15) is 11.8 Å². The number of ketones is 1. The zero-order valence-corrected chi connectivity index (χ0v) is 9.63. The third kappa shape index (κ3) is 3.16. The van der Waals surface area contributed by atoms with E-state index in [9.17, 15) is 4.79 Å². The molecule has 1 rings (SSSR count). The number of rotatable bonds is 5. The van der Waals surface area contributed by atoms with Gasteiger partial charge in [-0.1, -0.05) is 13.8 Å². The molecule has 0 saturated carbocycles. The third-order valence-corrected chi connectivity index (χ3v) is 3.87. The van der Waals surface area contributed by atoms with E-state index in [2.05, 4.69) is 19.9 Å². The molecule has 0 N–H and O–H groups in total. The van der Waals surface area contributed by atoms with E-state index < -0.39 is 0 Å². The lowest BCUT2D eigenvalue weighted by Crippen LogP contribution is -1.99. The van der Waals surface area contributed by atoms with Gasteiger partial charge in [0.2, 0.25) is 0 Å². The fourth-order valence-corrected chi connectivity index (χ4v) is 2.51. The SMILES string of the molecule is CCSCC(=O)c1ccc(CC)s1. The molecule has 0 aliphatic rings. The maximum absolute atomic E-state index is 11.5. The average Bonchev–Trinajstić information content (AvgIpc) is 2.62. The van der Waals surface area contributed by atoms with E-state index >= 15 is 0 Å². The van der Waals surface area contributed by atoms with Crippen LogP contribution in [0.1, 0.15) is 28.4 Å². The molecule has 0 atom stereocenters. The van der Waals surface area contributed by atoms with Gasteiger partial charge in [0.25, 0.3) is 0 Å². The minimum Gasteiger partial charge on any atom is -0.292 e. The van der Waals surface area contributed by atoms with Gasteiger partial charge in [-0.25, -0.2) is 0 Å². The van der Waals surface area contributed by atoms with E-state index in [1.165, 1.54) is 4.88 Å². The number of hydrogen-bond donors (Lipinski definition) is 0. The van der Waals surface area contributed by atoms with Gasteiger partial charge in [0.05, 0.1) is 10.6 Å².